The van der Waals surface area contributed by atoms with Crippen molar-refractivity contribution in [3.8, 4) is 11.3 Å². The quantitative estimate of drug-likeness (QED) is 0.726. The molecule has 0 saturated carbocycles. The first-order valence-corrected chi connectivity index (χ1v) is 5.23. The predicted molar refractivity (Wildman–Crippen MR) is 64.6 cm³/mol. The largest absolute Gasteiger partial charge is 0.372 e. The minimum Gasteiger partial charge on any atom is -0.372 e. The third-order valence-electron chi connectivity index (χ3n) is 2.56. The van der Waals surface area contributed by atoms with Crippen molar-refractivity contribution in [2.24, 2.45) is 0 Å². The van der Waals surface area contributed by atoms with Crippen LogP contribution in [-0.2, 0) is 0 Å². The molecule has 0 bridgehead atoms. The van der Waals surface area contributed by atoms with Gasteiger partial charge in [0.2, 0.25) is 0 Å². The number of anilines is 1. The maximum atomic E-state index is 5.20. The molecular formula is C12H10N4O. The molecule has 17 heavy (non-hydrogen) atoms. The van der Waals surface area contributed by atoms with E-state index >= 15 is 0 Å². The van der Waals surface area contributed by atoms with Crippen LogP contribution in [0.25, 0.3) is 22.4 Å². The lowest BCUT2D eigenvalue weighted by Crippen LogP contribution is -1.94. The van der Waals surface area contributed by atoms with E-state index < -0.39 is 0 Å². The monoisotopic (exact) mass is 226 g/mol. The number of rotatable bonds is 2. The van der Waals surface area contributed by atoms with Gasteiger partial charge in [0.05, 0.1) is 0 Å². The van der Waals surface area contributed by atoms with Gasteiger partial charge in [-0.25, -0.2) is 4.98 Å². The van der Waals surface area contributed by atoms with Crippen LogP contribution < -0.4 is 5.32 Å². The van der Waals surface area contributed by atoms with Crippen LogP contribution in [0.3, 0.4) is 0 Å². The summed E-state index contributed by atoms with van der Waals surface area (Å²) in [5.74, 6) is 0.718. The van der Waals surface area contributed by atoms with Crippen LogP contribution in [0.1, 0.15) is 0 Å². The van der Waals surface area contributed by atoms with Crippen molar-refractivity contribution >= 4 is 16.9 Å². The maximum Gasteiger partial charge on any atom is 0.263 e. The number of aromatic nitrogens is 3. The van der Waals surface area contributed by atoms with Gasteiger partial charge in [-0.2, -0.15) is 4.98 Å². The molecule has 3 aromatic rings. The summed E-state index contributed by atoms with van der Waals surface area (Å²) in [6.07, 6.45) is 1.45. The lowest BCUT2D eigenvalue weighted by atomic mass is 10.1. The molecule has 0 atom stereocenters. The van der Waals surface area contributed by atoms with E-state index in [1.807, 2.05) is 37.4 Å². The molecule has 2 aromatic heterocycles. The summed E-state index contributed by atoms with van der Waals surface area (Å²) in [4.78, 5) is 8.22. The Morgan fingerprint density at radius 1 is 1.12 bits per heavy atom. The Kier molecular flexibility index (Phi) is 2.22. The number of nitrogens with one attached hydrogen (secondary N) is 1. The summed E-state index contributed by atoms with van der Waals surface area (Å²) in [5, 5.41) is 7.88. The molecule has 0 fully saturated rings. The standard InChI is InChI=1S/C12H10N4O/c1-13-11-9-10(8-5-3-2-4-6-8)16-17-12(9)15-7-14-11/h2-7H,1H3,(H,13,14,15). The van der Waals surface area contributed by atoms with E-state index in [4.69, 9.17) is 4.52 Å². The number of hydrogen-bond acceptors (Lipinski definition) is 5. The van der Waals surface area contributed by atoms with E-state index in [0.29, 0.717) is 5.71 Å². The zero-order valence-electron chi connectivity index (χ0n) is 9.21. The Balaban J connectivity index is 2.31. The summed E-state index contributed by atoms with van der Waals surface area (Å²) in [7, 11) is 1.81. The van der Waals surface area contributed by atoms with Gasteiger partial charge in [-0.1, -0.05) is 35.5 Å². The van der Waals surface area contributed by atoms with Crippen LogP contribution in [0.15, 0.2) is 41.2 Å². The van der Waals surface area contributed by atoms with Crippen molar-refractivity contribution in [1.82, 2.24) is 15.1 Å². The fraction of sp³-hybridized carbons (Fsp3) is 0.0833. The third-order valence-corrected chi connectivity index (χ3v) is 2.56. The molecule has 0 saturated heterocycles. The fourth-order valence-corrected chi connectivity index (χ4v) is 1.77. The zero-order chi connectivity index (χ0) is 11.7. The molecule has 84 valence electrons. The summed E-state index contributed by atoms with van der Waals surface area (Å²) in [6, 6.07) is 9.83. The second kappa shape index (κ2) is 3.86. The van der Waals surface area contributed by atoms with Gasteiger partial charge in [-0.3, -0.25) is 0 Å². The Morgan fingerprint density at radius 3 is 2.71 bits per heavy atom. The molecule has 5 nitrogen and oxygen atoms in total. The molecule has 0 radical (unpaired) electrons. The molecule has 0 spiro atoms. The van der Waals surface area contributed by atoms with E-state index in [-0.39, 0.29) is 0 Å². The van der Waals surface area contributed by atoms with Crippen LogP contribution in [0.5, 0.6) is 0 Å². The highest BCUT2D eigenvalue weighted by molar-refractivity contribution is 5.97. The summed E-state index contributed by atoms with van der Waals surface area (Å²) in [5.41, 5.74) is 2.23. The Bertz CT molecular complexity index is 648. The van der Waals surface area contributed by atoms with Gasteiger partial charge in [-0.05, 0) is 0 Å². The highest BCUT2D eigenvalue weighted by atomic mass is 16.5. The molecule has 0 amide bonds. The van der Waals surface area contributed by atoms with E-state index in [2.05, 4.69) is 20.4 Å². The smallest absolute Gasteiger partial charge is 0.263 e. The molecule has 0 unspecified atom stereocenters. The van der Waals surface area contributed by atoms with Crippen LogP contribution in [0, 0.1) is 0 Å². The molecule has 1 aromatic carbocycles. The summed E-state index contributed by atoms with van der Waals surface area (Å²) in [6.45, 7) is 0. The molecule has 1 N–H and O–H groups in total. The number of nitrogens with zero attached hydrogens (tertiary/aromatic N) is 3. The fourth-order valence-electron chi connectivity index (χ4n) is 1.77. The van der Waals surface area contributed by atoms with Gasteiger partial charge in [0.15, 0.2) is 0 Å². The van der Waals surface area contributed by atoms with Gasteiger partial charge in [0.25, 0.3) is 5.71 Å². The average molecular weight is 226 g/mol. The average Bonchev–Trinajstić information content (AvgIpc) is 2.83. The lowest BCUT2D eigenvalue weighted by Gasteiger charge is -2.00. The first-order valence-electron chi connectivity index (χ1n) is 5.23. The number of benzene rings is 1. The Morgan fingerprint density at radius 2 is 1.94 bits per heavy atom. The second-order valence-corrected chi connectivity index (χ2v) is 3.55. The van der Waals surface area contributed by atoms with E-state index in [1.54, 1.807) is 0 Å². The van der Waals surface area contributed by atoms with Crippen molar-refractivity contribution in [1.29, 1.82) is 0 Å². The van der Waals surface area contributed by atoms with Crippen molar-refractivity contribution in [2.45, 2.75) is 0 Å². The van der Waals surface area contributed by atoms with E-state index in [0.717, 1.165) is 22.5 Å². The maximum absolute atomic E-state index is 5.20. The van der Waals surface area contributed by atoms with Crippen LogP contribution in [-0.4, -0.2) is 22.2 Å². The predicted octanol–water partition coefficient (Wildman–Crippen LogP) is 2.33. The summed E-state index contributed by atoms with van der Waals surface area (Å²) >= 11 is 0. The first kappa shape index (κ1) is 9.77. The van der Waals surface area contributed by atoms with Crippen molar-refractivity contribution in [2.75, 3.05) is 12.4 Å². The van der Waals surface area contributed by atoms with Gasteiger partial charge in [0, 0.05) is 12.6 Å². The Labute approximate surface area is 97.5 Å². The highest BCUT2D eigenvalue weighted by Gasteiger charge is 2.15. The minimum atomic E-state index is 0.489. The van der Waals surface area contributed by atoms with E-state index in [1.165, 1.54) is 6.33 Å². The molecule has 0 aliphatic rings. The SMILES string of the molecule is CNc1ncnc2onc(-c3ccccc3)c12. The van der Waals surface area contributed by atoms with Crippen molar-refractivity contribution in [3.63, 3.8) is 0 Å². The molecule has 3 rings (SSSR count). The number of fused-ring (bicyclic) bond motifs is 1. The lowest BCUT2D eigenvalue weighted by molar-refractivity contribution is 0.451. The Hall–Kier alpha value is -2.43. The van der Waals surface area contributed by atoms with E-state index in [9.17, 15) is 0 Å². The molecule has 2 heterocycles. The van der Waals surface area contributed by atoms with Gasteiger partial charge < -0.3 is 9.84 Å². The van der Waals surface area contributed by atoms with Crippen LogP contribution >= 0.6 is 0 Å². The van der Waals surface area contributed by atoms with Crippen LogP contribution in [0.2, 0.25) is 0 Å². The van der Waals surface area contributed by atoms with Crippen molar-refractivity contribution in [3.05, 3.63) is 36.7 Å². The summed E-state index contributed by atoms with van der Waals surface area (Å²) < 4.78 is 5.20. The highest BCUT2D eigenvalue weighted by Crippen LogP contribution is 2.30. The molecule has 0 aliphatic heterocycles. The van der Waals surface area contributed by atoms with Gasteiger partial charge in [-0.15, -0.1) is 0 Å². The van der Waals surface area contributed by atoms with Crippen molar-refractivity contribution < 1.29 is 4.52 Å². The van der Waals surface area contributed by atoms with Gasteiger partial charge >= 0.3 is 0 Å². The first-order chi connectivity index (χ1) is 8.40. The minimum absolute atomic E-state index is 0.489. The molecule has 5 heteroatoms. The molecule has 0 aliphatic carbocycles. The topological polar surface area (TPSA) is 63.8 Å². The van der Waals surface area contributed by atoms with Crippen LogP contribution in [0.4, 0.5) is 5.82 Å². The zero-order valence-corrected chi connectivity index (χ0v) is 9.21. The third kappa shape index (κ3) is 1.52. The van der Waals surface area contributed by atoms with Gasteiger partial charge in [0.1, 0.15) is 23.2 Å². The number of hydrogen-bond donors (Lipinski definition) is 1. The second-order valence-electron chi connectivity index (χ2n) is 3.55. The molecular weight excluding hydrogens is 216 g/mol. The normalized spacial score (nSPS) is 10.6.